The van der Waals surface area contributed by atoms with E-state index in [1.54, 1.807) is 0 Å². The molecule has 0 saturated carbocycles. The Morgan fingerprint density at radius 3 is 2.25 bits per heavy atom. The van der Waals surface area contributed by atoms with Crippen molar-refractivity contribution >= 4 is 45.5 Å². The standard InChI is InChI=1S/C7H7BrClNO4S2/c8-6-1-2-7(10-5-6)15(11,12)3-4-16(9,13)14/h1-2,5H,3-4H2. The Bertz CT molecular complexity index is 567. The summed E-state index contributed by atoms with van der Waals surface area (Å²) >= 11 is 3.11. The molecule has 1 rings (SSSR count). The maximum atomic E-state index is 11.6. The lowest BCUT2D eigenvalue weighted by atomic mass is 10.5. The summed E-state index contributed by atoms with van der Waals surface area (Å²) in [6.07, 6.45) is 1.32. The summed E-state index contributed by atoms with van der Waals surface area (Å²) in [7, 11) is -2.59. The van der Waals surface area contributed by atoms with Gasteiger partial charge in [0.25, 0.3) is 0 Å². The van der Waals surface area contributed by atoms with Crippen LogP contribution in [-0.2, 0) is 18.9 Å². The number of sulfone groups is 1. The minimum Gasteiger partial charge on any atom is -0.244 e. The molecular formula is C7H7BrClNO4S2. The van der Waals surface area contributed by atoms with Crippen LogP contribution in [0.2, 0.25) is 0 Å². The number of pyridine rings is 1. The maximum absolute atomic E-state index is 11.6. The van der Waals surface area contributed by atoms with Crippen molar-refractivity contribution in [2.24, 2.45) is 0 Å². The number of hydrogen-bond acceptors (Lipinski definition) is 5. The Labute approximate surface area is 106 Å². The fraction of sp³-hybridized carbons (Fsp3) is 0.286. The summed E-state index contributed by atoms with van der Waals surface area (Å²) in [5, 5.41) is -0.170. The van der Waals surface area contributed by atoms with Crippen molar-refractivity contribution in [1.82, 2.24) is 4.98 Å². The van der Waals surface area contributed by atoms with Crippen LogP contribution in [0.25, 0.3) is 0 Å². The fourth-order valence-corrected chi connectivity index (χ4v) is 4.03. The molecule has 0 spiro atoms. The summed E-state index contributed by atoms with van der Waals surface area (Å²) in [4.78, 5) is 3.68. The van der Waals surface area contributed by atoms with Gasteiger partial charge in [-0.2, -0.15) is 0 Å². The zero-order valence-electron chi connectivity index (χ0n) is 7.80. The van der Waals surface area contributed by atoms with Gasteiger partial charge in [0.2, 0.25) is 9.05 Å². The third-order valence-electron chi connectivity index (χ3n) is 1.61. The van der Waals surface area contributed by atoms with Crippen molar-refractivity contribution in [2.75, 3.05) is 11.5 Å². The number of rotatable bonds is 4. The van der Waals surface area contributed by atoms with Gasteiger partial charge < -0.3 is 0 Å². The number of halogens is 2. The van der Waals surface area contributed by atoms with E-state index in [9.17, 15) is 16.8 Å². The highest BCUT2D eigenvalue weighted by Gasteiger charge is 2.19. The van der Waals surface area contributed by atoms with Crippen LogP contribution in [0.15, 0.2) is 27.8 Å². The number of aromatic nitrogens is 1. The summed E-state index contributed by atoms with van der Waals surface area (Å²) in [5.74, 6) is -1.21. The highest BCUT2D eigenvalue weighted by Crippen LogP contribution is 2.13. The molecule has 0 aromatic carbocycles. The smallest absolute Gasteiger partial charge is 0.233 e. The molecular weight excluding hydrogens is 342 g/mol. The first-order chi connectivity index (χ1) is 7.21. The van der Waals surface area contributed by atoms with Gasteiger partial charge in [0, 0.05) is 21.4 Å². The SMILES string of the molecule is O=S(=O)(Cl)CCS(=O)(=O)c1ccc(Br)cn1. The Morgan fingerprint density at radius 1 is 1.19 bits per heavy atom. The van der Waals surface area contributed by atoms with Crippen molar-refractivity contribution in [1.29, 1.82) is 0 Å². The predicted octanol–water partition coefficient (Wildman–Crippen LogP) is 1.19. The first-order valence-corrected chi connectivity index (χ1v) is 8.90. The number of nitrogens with zero attached hydrogens (tertiary/aromatic N) is 1. The van der Waals surface area contributed by atoms with E-state index in [1.807, 2.05) is 0 Å². The molecule has 0 N–H and O–H groups in total. The molecule has 1 heterocycles. The Balaban J connectivity index is 2.91. The van der Waals surface area contributed by atoms with E-state index in [2.05, 4.69) is 20.9 Å². The lowest BCUT2D eigenvalue weighted by Crippen LogP contribution is -2.15. The second-order valence-corrected chi connectivity index (χ2v) is 8.74. The molecule has 0 fully saturated rings. The van der Waals surface area contributed by atoms with Crippen LogP contribution in [0.1, 0.15) is 0 Å². The zero-order chi connectivity index (χ0) is 12.4. The topological polar surface area (TPSA) is 81.2 Å². The minimum absolute atomic E-state index is 0.170. The summed E-state index contributed by atoms with van der Waals surface area (Å²) in [6.45, 7) is 0. The number of hydrogen-bond donors (Lipinski definition) is 0. The normalized spacial score (nSPS) is 12.6. The third kappa shape index (κ3) is 4.36. The van der Waals surface area contributed by atoms with Gasteiger partial charge in [0.05, 0.1) is 11.5 Å². The molecule has 0 bridgehead atoms. The molecule has 5 nitrogen and oxygen atoms in total. The van der Waals surface area contributed by atoms with Crippen LogP contribution < -0.4 is 0 Å². The van der Waals surface area contributed by atoms with E-state index in [1.165, 1.54) is 18.3 Å². The molecule has 16 heavy (non-hydrogen) atoms. The first-order valence-electron chi connectivity index (χ1n) is 3.97. The zero-order valence-corrected chi connectivity index (χ0v) is 11.8. The molecule has 0 unspecified atom stereocenters. The lowest BCUT2D eigenvalue weighted by molar-refractivity contribution is 0.589. The van der Waals surface area contributed by atoms with Gasteiger partial charge in [-0.15, -0.1) is 0 Å². The predicted molar refractivity (Wildman–Crippen MR) is 63.6 cm³/mol. The summed E-state index contributed by atoms with van der Waals surface area (Å²) < 4.78 is 45.1. The lowest BCUT2D eigenvalue weighted by Gasteiger charge is -2.01. The van der Waals surface area contributed by atoms with E-state index in [-0.39, 0.29) is 5.03 Å². The van der Waals surface area contributed by atoms with Gasteiger partial charge in [0.15, 0.2) is 14.9 Å². The van der Waals surface area contributed by atoms with Gasteiger partial charge in [-0.3, -0.25) is 0 Å². The van der Waals surface area contributed by atoms with Gasteiger partial charge in [-0.05, 0) is 28.1 Å². The molecule has 0 atom stereocenters. The van der Waals surface area contributed by atoms with Crippen molar-refractivity contribution in [3.8, 4) is 0 Å². The largest absolute Gasteiger partial charge is 0.244 e. The summed E-state index contributed by atoms with van der Waals surface area (Å²) in [6, 6.07) is 2.80. The van der Waals surface area contributed by atoms with Crippen molar-refractivity contribution in [2.45, 2.75) is 5.03 Å². The van der Waals surface area contributed by atoms with Crippen molar-refractivity contribution < 1.29 is 16.8 Å². The molecule has 1 aromatic rings. The molecule has 0 aliphatic heterocycles. The van der Waals surface area contributed by atoms with Crippen LogP contribution in [0, 0.1) is 0 Å². The average molecular weight is 349 g/mol. The van der Waals surface area contributed by atoms with E-state index < -0.39 is 30.4 Å². The monoisotopic (exact) mass is 347 g/mol. The Hall–Kier alpha value is -0.180. The Morgan fingerprint density at radius 2 is 1.81 bits per heavy atom. The van der Waals surface area contributed by atoms with Gasteiger partial charge in [-0.25, -0.2) is 21.8 Å². The van der Waals surface area contributed by atoms with Crippen LogP contribution in [0.3, 0.4) is 0 Å². The molecule has 0 aliphatic rings. The van der Waals surface area contributed by atoms with E-state index in [4.69, 9.17) is 10.7 Å². The third-order valence-corrected chi connectivity index (χ3v) is 5.12. The van der Waals surface area contributed by atoms with Crippen LogP contribution >= 0.6 is 26.6 Å². The molecule has 0 radical (unpaired) electrons. The highest BCUT2D eigenvalue weighted by molar-refractivity contribution is 9.10. The average Bonchev–Trinajstić information content (AvgIpc) is 2.15. The van der Waals surface area contributed by atoms with Gasteiger partial charge in [0.1, 0.15) is 0 Å². The molecule has 0 saturated heterocycles. The molecule has 9 heteroatoms. The molecule has 1 aromatic heterocycles. The molecule has 0 aliphatic carbocycles. The van der Waals surface area contributed by atoms with Gasteiger partial charge in [-0.1, -0.05) is 0 Å². The fourth-order valence-electron chi connectivity index (χ4n) is 0.860. The minimum atomic E-state index is -3.82. The second-order valence-electron chi connectivity index (χ2n) is 2.88. The molecule has 90 valence electrons. The van der Waals surface area contributed by atoms with Crippen LogP contribution in [-0.4, -0.2) is 33.3 Å². The Kier molecular flexibility index (Phi) is 4.33. The van der Waals surface area contributed by atoms with Crippen molar-refractivity contribution in [3.63, 3.8) is 0 Å². The maximum Gasteiger partial charge on any atom is 0.233 e. The van der Waals surface area contributed by atoms with Crippen molar-refractivity contribution in [3.05, 3.63) is 22.8 Å². The van der Waals surface area contributed by atoms with Gasteiger partial charge >= 0.3 is 0 Å². The second kappa shape index (κ2) is 4.99. The van der Waals surface area contributed by atoms with E-state index in [0.717, 1.165) is 0 Å². The molecule has 0 amide bonds. The first kappa shape index (κ1) is 13.9. The van der Waals surface area contributed by atoms with Crippen LogP contribution in [0.5, 0.6) is 0 Å². The summed E-state index contributed by atoms with van der Waals surface area (Å²) in [5.41, 5.74) is 0. The highest BCUT2D eigenvalue weighted by atomic mass is 79.9. The quantitative estimate of drug-likeness (QED) is 0.763. The van der Waals surface area contributed by atoms with E-state index in [0.29, 0.717) is 4.47 Å². The van der Waals surface area contributed by atoms with Crippen LogP contribution in [0.4, 0.5) is 0 Å². The van der Waals surface area contributed by atoms with E-state index >= 15 is 0 Å².